The zero-order valence-electron chi connectivity index (χ0n) is 17.7. The number of aromatic carboxylic acids is 1. The Kier molecular flexibility index (Phi) is 9.02. The maximum absolute atomic E-state index is 11.5. The van der Waals surface area contributed by atoms with Crippen molar-refractivity contribution >= 4 is 17.3 Å². The fraction of sp³-hybridized carbons (Fsp3) is 0.650. The lowest BCUT2D eigenvalue weighted by atomic mass is 9.99. The van der Waals surface area contributed by atoms with Gasteiger partial charge in [-0.05, 0) is 71.6 Å². The van der Waals surface area contributed by atoms with Crippen LogP contribution in [0.4, 0.5) is 11.4 Å². The van der Waals surface area contributed by atoms with Crippen LogP contribution in [0.15, 0.2) is 12.1 Å². The van der Waals surface area contributed by atoms with Gasteiger partial charge in [0.2, 0.25) is 0 Å². The van der Waals surface area contributed by atoms with Crippen LogP contribution in [-0.2, 0) is 6.42 Å². The molecule has 0 radical (unpaired) electrons. The minimum atomic E-state index is -0.965. The molecule has 154 valence electrons. The quantitative estimate of drug-likeness (QED) is 0.401. The zero-order valence-corrected chi connectivity index (χ0v) is 17.7. The fourth-order valence-corrected chi connectivity index (χ4v) is 3.88. The smallest absolute Gasteiger partial charge is 0.336 e. The molecule has 2 atom stereocenters. The van der Waals surface area contributed by atoms with E-state index in [0.717, 1.165) is 25.8 Å². The summed E-state index contributed by atoms with van der Waals surface area (Å²) in [6.07, 6.45) is 4.05. The lowest BCUT2D eigenvalue weighted by molar-refractivity contribution is -0.0200. The topological polar surface area (TPSA) is 99.1 Å². The van der Waals surface area contributed by atoms with E-state index in [4.69, 9.17) is 11.5 Å². The summed E-state index contributed by atoms with van der Waals surface area (Å²) < 4.78 is 0. The van der Waals surface area contributed by atoms with Gasteiger partial charge in [0.1, 0.15) is 0 Å². The van der Waals surface area contributed by atoms with Gasteiger partial charge < -0.3 is 16.6 Å². The summed E-state index contributed by atoms with van der Waals surface area (Å²) in [6.45, 7) is 5.23. The van der Waals surface area contributed by atoms with Crippen LogP contribution in [0.1, 0.15) is 49.0 Å². The highest BCUT2D eigenvalue weighted by Crippen LogP contribution is 2.26. The van der Waals surface area contributed by atoms with Crippen molar-refractivity contribution in [3.8, 4) is 0 Å². The van der Waals surface area contributed by atoms with E-state index < -0.39 is 5.97 Å². The first kappa shape index (κ1) is 23.2. The third-order valence-corrected chi connectivity index (χ3v) is 5.15. The van der Waals surface area contributed by atoms with E-state index >= 15 is 0 Å². The molecule has 27 heavy (non-hydrogen) atoms. The molecule has 2 unspecified atom stereocenters. The van der Waals surface area contributed by atoms with E-state index in [1.807, 2.05) is 0 Å². The zero-order chi connectivity index (χ0) is 20.7. The summed E-state index contributed by atoms with van der Waals surface area (Å²) in [7, 11) is 8.40. The first-order valence-electron chi connectivity index (χ1n) is 9.64. The van der Waals surface area contributed by atoms with Crippen LogP contribution in [0.3, 0.4) is 0 Å². The second kappa shape index (κ2) is 10.5. The van der Waals surface area contributed by atoms with E-state index in [2.05, 4.69) is 56.7 Å². The standard InChI is InChI=1S/C20H37N5O2/c1-7-17(23(3)4)25(18(8-2)24(5)6)13-9-10-14-15(20(26)27)11-12-16(21)19(14)22/h11-12,17-18H,7-10,13,21-22H2,1-6H3,(H,26,27). The van der Waals surface area contributed by atoms with Gasteiger partial charge in [-0.25, -0.2) is 4.79 Å². The Hall–Kier alpha value is -1.83. The number of anilines is 2. The van der Waals surface area contributed by atoms with Crippen molar-refractivity contribution in [1.82, 2.24) is 14.7 Å². The summed E-state index contributed by atoms with van der Waals surface area (Å²) >= 11 is 0. The number of rotatable bonds is 11. The SMILES string of the molecule is CCC(N(C)C)N(CCCc1c(C(=O)O)ccc(N)c1N)C(CC)N(C)C. The molecule has 0 amide bonds. The average molecular weight is 380 g/mol. The fourth-order valence-electron chi connectivity index (χ4n) is 3.88. The Balaban J connectivity index is 3.03. The van der Waals surface area contributed by atoms with Crippen LogP contribution < -0.4 is 11.5 Å². The van der Waals surface area contributed by atoms with Crippen LogP contribution >= 0.6 is 0 Å². The number of nitrogen functional groups attached to an aromatic ring is 2. The molecular formula is C20H37N5O2. The van der Waals surface area contributed by atoms with Gasteiger partial charge >= 0.3 is 5.97 Å². The molecule has 1 aromatic carbocycles. The second-order valence-electron chi connectivity index (χ2n) is 7.45. The van der Waals surface area contributed by atoms with E-state index in [1.54, 1.807) is 12.1 Å². The Bertz CT molecular complexity index is 603. The van der Waals surface area contributed by atoms with Crippen molar-refractivity contribution in [2.75, 3.05) is 46.2 Å². The van der Waals surface area contributed by atoms with Crippen LogP contribution in [-0.4, -0.2) is 72.8 Å². The Morgan fingerprint density at radius 2 is 1.56 bits per heavy atom. The van der Waals surface area contributed by atoms with Crippen molar-refractivity contribution in [2.45, 2.75) is 51.9 Å². The summed E-state index contributed by atoms with van der Waals surface area (Å²) in [4.78, 5) is 18.5. The van der Waals surface area contributed by atoms with Crippen molar-refractivity contribution in [1.29, 1.82) is 0 Å². The number of carbonyl (C=O) groups is 1. The Morgan fingerprint density at radius 3 is 1.96 bits per heavy atom. The van der Waals surface area contributed by atoms with Crippen molar-refractivity contribution in [3.63, 3.8) is 0 Å². The van der Waals surface area contributed by atoms with E-state index in [-0.39, 0.29) is 5.56 Å². The molecule has 0 bridgehead atoms. The molecule has 5 N–H and O–H groups in total. The summed E-state index contributed by atoms with van der Waals surface area (Å²) in [5.74, 6) is -0.965. The van der Waals surface area contributed by atoms with Gasteiger partial charge in [-0.2, -0.15) is 0 Å². The monoisotopic (exact) mass is 379 g/mol. The molecule has 1 rings (SSSR count). The molecule has 0 aliphatic heterocycles. The largest absolute Gasteiger partial charge is 0.478 e. The minimum absolute atomic E-state index is 0.243. The molecule has 0 aliphatic carbocycles. The van der Waals surface area contributed by atoms with Crippen molar-refractivity contribution < 1.29 is 9.90 Å². The molecule has 0 aliphatic rings. The molecule has 1 aromatic rings. The van der Waals surface area contributed by atoms with Crippen molar-refractivity contribution in [2.24, 2.45) is 0 Å². The third kappa shape index (κ3) is 5.82. The van der Waals surface area contributed by atoms with Crippen molar-refractivity contribution in [3.05, 3.63) is 23.3 Å². The van der Waals surface area contributed by atoms with Crippen LogP contribution in [0.5, 0.6) is 0 Å². The van der Waals surface area contributed by atoms with Gasteiger partial charge in [0.05, 0.1) is 29.3 Å². The molecule has 0 saturated heterocycles. The Morgan fingerprint density at radius 1 is 1.04 bits per heavy atom. The molecule has 0 fully saturated rings. The van der Waals surface area contributed by atoms with E-state index in [9.17, 15) is 9.90 Å². The maximum Gasteiger partial charge on any atom is 0.336 e. The van der Waals surface area contributed by atoms with Gasteiger partial charge in [-0.15, -0.1) is 0 Å². The molecule has 7 heteroatoms. The van der Waals surface area contributed by atoms with E-state index in [0.29, 0.717) is 35.7 Å². The highest BCUT2D eigenvalue weighted by Gasteiger charge is 2.27. The predicted octanol–water partition coefficient (Wildman–Crippen LogP) is 2.38. The number of benzene rings is 1. The molecule has 0 heterocycles. The first-order chi connectivity index (χ1) is 12.6. The molecular weight excluding hydrogens is 342 g/mol. The summed E-state index contributed by atoms with van der Waals surface area (Å²) in [6, 6.07) is 3.11. The van der Waals surface area contributed by atoms with Crippen LogP contribution in [0.25, 0.3) is 0 Å². The predicted molar refractivity (Wildman–Crippen MR) is 113 cm³/mol. The van der Waals surface area contributed by atoms with Gasteiger partial charge in [-0.3, -0.25) is 14.7 Å². The normalized spacial score (nSPS) is 14.1. The lowest BCUT2D eigenvalue weighted by Crippen LogP contribution is -2.54. The molecule has 0 aromatic heterocycles. The van der Waals surface area contributed by atoms with Gasteiger partial charge in [0, 0.05) is 6.54 Å². The second-order valence-corrected chi connectivity index (χ2v) is 7.45. The maximum atomic E-state index is 11.5. The molecule has 0 saturated carbocycles. The molecule has 7 nitrogen and oxygen atoms in total. The van der Waals surface area contributed by atoms with Gasteiger partial charge in [-0.1, -0.05) is 13.8 Å². The molecule has 0 spiro atoms. The summed E-state index contributed by atoms with van der Waals surface area (Å²) in [5.41, 5.74) is 13.7. The third-order valence-electron chi connectivity index (χ3n) is 5.15. The van der Waals surface area contributed by atoms with Crippen LogP contribution in [0, 0.1) is 0 Å². The van der Waals surface area contributed by atoms with Gasteiger partial charge in [0.25, 0.3) is 0 Å². The average Bonchev–Trinajstić information content (AvgIpc) is 2.58. The highest BCUT2D eigenvalue weighted by atomic mass is 16.4. The number of carboxylic acid groups (broad SMARTS) is 1. The number of nitrogens with two attached hydrogens (primary N) is 2. The lowest BCUT2D eigenvalue weighted by Gasteiger charge is -2.43. The van der Waals surface area contributed by atoms with E-state index in [1.165, 1.54) is 0 Å². The number of hydrogen-bond donors (Lipinski definition) is 3. The number of nitrogens with zero attached hydrogens (tertiary/aromatic N) is 3. The minimum Gasteiger partial charge on any atom is -0.478 e. The van der Waals surface area contributed by atoms with Crippen LogP contribution in [0.2, 0.25) is 0 Å². The highest BCUT2D eigenvalue weighted by molar-refractivity contribution is 5.93. The number of carboxylic acids is 1. The number of hydrogen-bond acceptors (Lipinski definition) is 6. The van der Waals surface area contributed by atoms with Gasteiger partial charge in [0.15, 0.2) is 0 Å². The first-order valence-corrected chi connectivity index (χ1v) is 9.64. The Labute approximate surface area is 163 Å². The summed E-state index contributed by atoms with van der Waals surface area (Å²) in [5, 5.41) is 9.47.